The number of fused-ring (bicyclic) bond motifs is 6. The fraction of sp³-hybridized carbons (Fsp3) is 0.200. The third-order valence-corrected chi connectivity index (χ3v) is 8.28. The van der Waals surface area contributed by atoms with E-state index in [1.165, 1.54) is 25.9 Å². The largest absolute Gasteiger partial charge is 0.497 e. The van der Waals surface area contributed by atoms with Crippen molar-refractivity contribution in [3.8, 4) is 17.2 Å². The van der Waals surface area contributed by atoms with Crippen molar-refractivity contribution in [1.82, 2.24) is 4.57 Å². The molecule has 0 radical (unpaired) electrons. The van der Waals surface area contributed by atoms with E-state index in [4.69, 9.17) is 21.1 Å². The van der Waals surface area contributed by atoms with Gasteiger partial charge in [0, 0.05) is 15.8 Å². The Morgan fingerprint density at radius 2 is 1.60 bits per heavy atom. The van der Waals surface area contributed by atoms with E-state index in [1.807, 2.05) is 18.2 Å². The normalized spacial score (nSPS) is 12.3. The SMILES string of the molecule is COc1ccc2ccc(-n3c4c(Cl)ccc(OC)c4c4sc5ccc(C(C)(C)C)cc5c43)cc2c1. The minimum Gasteiger partial charge on any atom is -0.497 e. The molecule has 0 saturated carbocycles. The highest BCUT2D eigenvalue weighted by molar-refractivity contribution is 7.26. The number of thiophene rings is 1. The average molecular weight is 500 g/mol. The number of nitrogens with zero attached hydrogens (tertiary/aromatic N) is 1. The van der Waals surface area contributed by atoms with Gasteiger partial charge in [-0.05, 0) is 70.3 Å². The van der Waals surface area contributed by atoms with E-state index in [0.717, 1.165) is 38.9 Å². The second-order valence-corrected chi connectivity index (χ2v) is 11.4. The third-order valence-electron chi connectivity index (χ3n) is 6.80. The van der Waals surface area contributed by atoms with Crippen LogP contribution in [0.2, 0.25) is 5.02 Å². The zero-order valence-electron chi connectivity index (χ0n) is 20.4. The highest BCUT2D eigenvalue weighted by Gasteiger charge is 2.24. The Bertz CT molecular complexity index is 1770. The van der Waals surface area contributed by atoms with E-state index in [0.29, 0.717) is 5.02 Å². The van der Waals surface area contributed by atoms with E-state index in [9.17, 15) is 0 Å². The highest BCUT2D eigenvalue weighted by atomic mass is 35.5. The highest BCUT2D eigenvalue weighted by Crippen LogP contribution is 2.48. The molecule has 2 heterocycles. The van der Waals surface area contributed by atoms with Gasteiger partial charge in [0.15, 0.2) is 0 Å². The lowest BCUT2D eigenvalue weighted by Crippen LogP contribution is -2.10. The van der Waals surface area contributed by atoms with E-state index >= 15 is 0 Å². The van der Waals surface area contributed by atoms with E-state index in [2.05, 4.69) is 73.9 Å². The lowest BCUT2D eigenvalue weighted by Gasteiger charge is -2.19. The van der Waals surface area contributed by atoms with Crippen molar-refractivity contribution >= 4 is 64.9 Å². The summed E-state index contributed by atoms with van der Waals surface area (Å²) in [6.45, 7) is 6.76. The number of benzene rings is 4. The first-order valence-corrected chi connectivity index (χ1v) is 12.8. The fourth-order valence-corrected chi connectivity index (χ4v) is 6.41. The van der Waals surface area contributed by atoms with E-state index < -0.39 is 0 Å². The molecule has 0 fully saturated rings. The number of halogens is 1. The first kappa shape index (κ1) is 22.3. The molecule has 0 spiro atoms. The molecule has 0 bridgehead atoms. The Kier molecular flexibility index (Phi) is 5.03. The molecule has 6 aromatic rings. The predicted molar refractivity (Wildman–Crippen MR) is 150 cm³/mol. The Balaban J connectivity index is 1.80. The molecule has 0 amide bonds. The molecule has 3 nitrogen and oxygen atoms in total. The summed E-state index contributed by atoms with van der Waals surface area (Å²) < 4.78 is 16.1. The maximum absolute atomic E-state index is 6.90. The second-order valence-electron chi connectivity index (χ2n) is 9.95. The molecule has 2 aromatic heterocycles. The van der Waals surface area contributed by atoms with Crippen molar-refractivity contribution in [2.75, 3.05) is 14.2 Å². The van der Waals surface area contributed by atoms with Crippen LogP contribution in [0.3, 0.4) is 0 Å². The first-order chi connectivity index (χ1) is 16.8. The molecule has 6 rings (SSSR count). The molecule has 4 aromatic carbocycles. The van der Waals surface area contributed by atoms with Gasteiger partial charge in [-0.15, -0.1) is 11.3 Å². The lowest BCUT2D eigenvalue weighted by atomic mass is 9.86. The minimum atomic E-state index is 0.0497. The van der Waals surface area contributed by atoms with Gasteiger partial charge < -0.3 is 14.0 Å². The maximum atomic E-state index is 6.90. The van der Waals surface area contributed by atoms with Crippen LogP contribution in [0, 0.1) is 0 Å². The van der Waals surface area contributed by atoms with Gasteiger partial charge in [-0.2, -0.15) is 0 Å². The van der Waals surface area contributed by atoms with Crippen molar-refractivity contribution in [2.45, 2.75) is 26.2 Å². The molecule has 5 heteroatoms. The van der Waals surface area contributed by atoms with Crippen LogP contribution in [0.1, 0.15) is 26.3 Å². The Labute approximate surface area is 213 Å². The van der Waals surface area contributed by atoms with Crippen molar-refractivity contribution in [2.24, 2.45) is 0 Å². The van der Waals surface area contributed by atoms with Gasteiger partial charge in [0.2, 0.25) is 0 Å². The monoisotopic (exact) mass is 499 g/mol. The Morgan fingerprint density at radius 3 is 2.34 bits per heavy atom. The smallest absolute Gasteiger partial charge is 0.129 e. The summed E-state index contributed by atoms with van der Waals surface area (Å²) in [5.41, 5.74) is 4.55. The van der Waals surface area contributed by atoms with Crippen molar-refractivity contribution in [3.05, 3.63) is 77.3 Å². The predicted octanol–water partition coefficient (Wildman–Crippen LogP) is 9.12. The molecule has 0 saturated heterocycles. The number of hydrogen-bond acceptors (Lipinski definition) is 3. The standard InChI is InChI=1S/C30H26ClNO2S/c1-30(2,3)19-8-13-25-22(16-19)27-29(35-25)26-24(34-5)12-11-23(31)28(26)32(27)20-9-6-17-7-10-21(33-4)15-18(17)14-20/h6-16H,1-5H3. The van der Waals surface area contributed by atoms with Crippen molar-refractivity contribution in [3.63, 3.8) is 0 Å². The summed E-state index contributed by atoms with van der Waals surface area (Å²) >= 11 is 8.69. The van der Waals surface area contributed by atoms with Crippen LogP contribution < -0.4 is 9.47 Å². The van der Waals surface area contributed by atoms with Crippen molar-refractivity contribution in [1.29, 1.82) is 0 Å². The summed E-state index contributed by atoms with van der Waals surface area (Å²) in [5.74, 6) is 1.67. The van der Waals surface area contributed by atoms with Crippen LogP contribution in [0.4, 0.5) is 0 Å². The third kappa shape index (κ3) is 3.39. The number of methoxy groups -OCH3 is 2. The zero-order valence-corrected chi connectivity index (χ0v) is 22.0. The van der Waals surface area contributed by atoms with Gasteiger partial charge in [0.1, 0.15) is 11.5 Å². The maximum Gasteiger partial charge on any atom is 0.129 e. The molecule has 35 heavy (non-hydrogen) atoms. The summed E-state index contributed by atoms with van der Waals surface area (Å²) in [5, 5.41) is 5.27. The topological polar surface area (TPSA) is 23.4 Å². The van der Waals surface area contributed by atoms with Crippen LogP contribution in [0.15, 0.2) is 66.7 Å². The van der Waals surface area contributed by atoms with Gasteiger partial charge in [0.25, 0.3) is 0 Å². The lowest BCUT2D eigenvalue weighted by molar-refractivity contribution is 0.415. The van der Waals surface area contributed by atoms with E-state index in [-0.39, 0.29) is 5.41 Å². The van der Waals surface area contributed by atoms with Gasteiger partial charge in [0.05, 0.1) is 40.4 Å². The van der Waals surface area contributed by atoms with Gasteiger partial charge in [-0.25, -0.2) is 0 Å². The van der Waals surface area contributed by atoms with Gasteiger partial charge in [-0.1, -0.05) is 50.6 Å². The van der Waals surface area contributed by atoms with Crippen molar-refractivity contribution < 1.29 is 9.47 Å². The summed E-state index contributed by atoms with van der Waals surface area (Å²) in [6, 6.07) is 23.4. The molecular weight excluding hydrogens is 474 g/mol. The van der Waals surface area contributed by atoms with Crippen LogP contribution in [-0.2, 0) is 5.41 Å². The van der Waals surface area contributed by atoms with Crippen LogP contribution in [0.5, 0.6) is 11.5 Å². The van der Waals surface area contributed by atoms with Crippen LogP contribution in [-0.4, -0.2) is 18.8 Å². The fourth-order valence-electron chi connectivity index (χ4n) is 4.95. The number of aromatic nitrogens is 1. The summed E-state index contributed by atoms with van der Waals surface area (Å²) in [4.78, 5) is 0. The number of hydrogen-bond donors (Lipinski definition) is 0. The second kappa shape index (κ2) is 7.91. The molecule has 0 aliphatic carbocycles. The van der Waals surface area contributed by atoms with Gasteiger partial charge >= 0.3 is 0 Å². The van der Waals surface area contributed by atoms with Crippen LogP contribution >= 0.6 is 22.9 Å². The molecule has 0 aliphatic rings. The summed E-state index contributed by atoms with van der Waals surface area (Å²) in [7, 11) is 3.42. The molecule has 0 atom stereocenters. The number of ether oxygens (including phenoxy) is 2. The minimum absolute atomic E-state index is 0.0497. The Morgan fingerprint density at radius 1 is 0.800 bits per heavy atom. The molecule has 176 valence electrons. The van der Waals surface area contributed by atoms with Crippen LogP contribution in [0.25, 0.3) is 47.7 Å². The molecule has 0 aliphatic heterocycles. The van der Waals surface area contributed by atoms with Gasteiger partial charge in [-0.3, -0.25) is 0 Å². The number of rotatable bonds is 3. The molecule has 0 N–H and O–H groups in total. The van der Waals surface area contributed by atoms with E-state index in [1.54, 1.807) is 25.6 Å². The quantitative estimate of drug-likeness (QED) is 0.242. The average Bonchev–Trinajstić information content (AvgIpc) is 3.38. The summed E-state index contributed by atoms with van der Waals surface area (Å²) in [6.07, 6.45) is 0. The molecular formula is C30H26ClNO2S. The molecule has 0 unspecified atom stereocenters. The first-order valence-electron chi connectivity index (χ1n) is 11.6. The Hall–Kier alpha value is -3.21. The zero-order chi connectivity index (χ0) is 24.5.